The van der Waals surface area contributed by atoms with Gasteiger partial charge in [-0.05, 0) is 42.5 Å². The van der Waals surface area contributed by atoms with E-state index in [0.29, 0.717) is 44.8 Å². The van der Waals surface area contributed by atoms with Gasteiger partial charge in [-0.3, -0.25) is 4.79 Å². The van der Waals surface area contributed by atoms with E-state index >= 15 is 0 Å². The van der Waals surface area contributed by atoms with Gasteiger partial charge in [-0.1, -0.05) is 0 Å². The van der Waals surface area contributed by atoms with Crippen LogP contribution in [0.4, 0.5) is 0 Å². The minimum Gasteiger partial charge on any atom is -0.497 e. The summed E-state index contributed by atoms with van der Waals surface area (Å²) >= 11 is 0. The Balaban J connectivity index is 1.48. The number of carbonyl (C=O) groups excluding carboxylic acids is 1. The monoisotopic (exact) mass is 422 g/mol. The third-order valence-corrected chi connectivity index (χ3v) is 6.08. The van der Waals surface area contributed by atoms with E-state index < -0.39 is 5.79 Å². The van der Waals surface area contributed by atoms with Crippen molar-refractivity contribution in [1.29, 1.82) is 0 Å². The number of carbonyl (C=O) groups is 1. The van der Waals surface area contributed by atoms with Crippen LogP contribution in [0.1, 0.15) is 23.3 Å². The van der Waals surface area contributed by atoms with Crippen LogP contribution in [-0.2, 0) is 16.5 Å². The van der Waals surface area contributed by atoms with Gasteiger partial charge in [-0.25, -0.2) is 4.68 Å². The van der Waals surface area contributed by atoms with Crippen LogP contribution in [-0.4, -0.2) is 64.4 Å². The first-order chi connectivity index (χ1) is 15.1. The van der Waals surface area contributed by atoms with Gasteiger partial charge >= 0.3 is 0 Å². The topological polar surface area (TPSA) is 70.8 Å². The Hall–Kier alpha value is -3.10. The molecule has 0 radical (unpaired) electrons. The molecule has 0 atom stereocenters. The van der Waals surface area contributed by atoms with Gasteiger partial charge in [0.05, 0.1) is 31.7 Å². The van der Waals surface area contributed by atoms with Crippen LogP contribution in [0.25, 0.3) is 17.1 Å². The van der Waals surface area contributed by atoms with Gasteiger partial charge in [-0.15, -0.1) is 0 Å². The fourth-order valence-electron chi connectivity index (χ4n) is 4.30. The van der Waals surface area contributed by atoms with Crippen LogP contribution in [0.3, 0.4) is 0 Å². The second-order valence-electron chi connectivity index (χ2n) is 7.93. The standard InChI is InChI=1S/C23H26N4O4/c1-25-11-3-4-20(25)19-16-21(27(24-19)17-5-7-18(29-2)8-6-17)22(28)26-12-9-23(10-13-26)30-14-15-31-23/h3-8,11,16H,9-10,12-15H2,1-2H3. The molecule has 0 N–H and O–H groups in total. The highest BCUT2D eigenvalue weighted by Crippen LogP contribution is 2.32. The first kappa shape index (κ1) is 19.8. The van der Waals surface area contributed by atoms with Gasteiger partial charge < -0.3 is 23.7 Å². The number of likely N-dealkylation sites (tertiary alicyclic amines) is 1. The summed E-state index contributed by atoms with van der Waals surface area (Å²) in [6.07, 6.45) is 3.33. The van der Waals surface area contributed by atoms with Gasteiger partial charge in [0.25, 0.3) is 5.91 Å². The van der Waals surface area contributed by atoms with Gasteiger partial charge in [-0.2, -0.15) is 5.10 Å². The van der Waals surface area contributed by atoms with E-state index in [2.05, 4.69) is 0 Å². The summed E-state index contributed by atoms with van der Waals surface area (Å²) in [7, 11) is 3.60. The Morgan fingerprint density at radius 3 is 2.42 bits per heavy atom. The van der Waals surface area contributed by atoms with E-state index in [1.165, 1.54) is 0 Å². The smallest absolute Gasteiger partial charge is 0.272 e. The van der Waals surface area contributed by atoms with Crippen LogP contribution < -0.4 is 4.74 Å². The van der Waals surface area contributed by atoms with Crippen molar-refractivity contribution in [3.8, 4) is 22.8 Å². The molecular formula is C23H26N4O4. The average Bonchev–Trinajstić information content (AvgIpc) is 3.54. The first-order valence-electron chi connectivity index (χ1n) is 10.5. The number of hydrogen-bond acceptors (Lipinski definition) is 5. The number of piperidine rings is 1. The van der Waals surface area contributed by atoms with E-state index in [4.69, 9.17) is 19.3 Å². The van der Waals surface area contributed by atoms with Crippen molar-refractivity contribution in [1.82, 2.24) is 19.2 Å². The molecule has 2 aromatic heterocycles. The summed E-state index contributed by atoms with van der Waals surface area (Å²) in [6, 6.07) is 13.4. The van der Waals surface area contributed by atoms with Crippen LogP contribution in [0.2, 0.25) is 0 Å². The molecule has 1 amide bonds. The fourth-order valence-corrected chi connectivity index (χ4v) is 4.30. The second kappa shape index (κ2) is 7.86. The molecule has 0 unspecified atom stereocenters. The summed E-state index contributed by atoms with van der Waals surface area (Å²) < 4.78 is 20.6. The molecule has 3 aromatic rings. The van der Waals surface area contributed by atoms with E-state index in [1.807, 2.05) is 65.2 Å². The highest BCUT2D eigenvalue weighted by atomic mass is 16.7. The number of benzene rings is 1. The number of methoxy groups -OCH3 is 1. The first-order valence-corrected chi connectivity index (χ1v) is 10.5. The molecular weight excluding hydrogens is 396 g/mol. The number of aromatic nitrogens is 3. The number of ether oxygens (including phenoxy) is 3. The maximum absolute atomic E-state index is 13.5. The van der Waals surface area contributed by atoms with Gasteiger partial charge in [0.15, 0.2) is 5.79 Å². The number of rotatable bonds is 4. The lowest BCUT2D eigenvalue weighted by molar-refractivity contribution is -0.181. The van der Waals surface area contributed by atoms with Crippen molar-refractivity contribution in [2.75, 3.05) is 33.4 Å². The van der Waals surface area contributed by atoms with E-state index in [-0.39, 0.29) is 5.91 Å². The summed E-state index contributed by atoms with van der Waals surface area (Å²) in [5.41, 5.74) is 3.04. The minimum atomic E-state index is -0.513. The maximum atomic E-state index is 13.5. The molecule has 0 aliphatic carbocycles. The summed E-state index contributed by atoms with van der Waals surface area (Å²) in [5, 5.41) is 4.78. The molecule has 1 spiro atoms. The molecule has 2 fully saturated rings. The van der Waals surface area contributed by atoms with Gasteiger partial charge in [0.1, 0.15) is 17.1 Å². The van der Waals surface area contributed by atoms with Crippen molar-refractivity contribution in [2.45, 2.75) is 18.6 Å². The normalized spacial score (nSPS) is 17.9. The fraction of sp³-hybridized carbons (Fsp3) is 0.391. The SMILES string of the molecule is COc1ccc(-n2nc(-c3cccn3C)cc2C(=O)N2CCC3(CC2)OCCO3)cc1. The quantitative estimate of drug-likeness (QED) is 0.647. The third kappa shape index (κ3) is 3.62. The molecule has 2 aliphatic rings. The zero-order chi connectivity index (χ0) is 21.4. The summed E-state index contributed by atoms with van der Waals surface area (Å²) in [6.45, 7) is 2.43. The van der Waals surface area contributed by atoms with Gasteiger partial charge in [0.2, 0.25) is 0 Å². The van der Waals surface area contributed by atoms with Crippen LogP contribution in [0.5, 0.6) is 5.75 Å². The van der Waals surface area contributed by atoms with E-state index in [1.54, 1.807) is 11.8 Å². The lowest BCUT2D eigenvalue weighted by atomic mass is 10.0. The molecule has 4 heterocycles. The number of amides is 1. The Bertz CT molecular complexity index is 1070. The van der Waals surface area contributed by atoms with E-state index in [0.717, 1.165) is 22.8 Å². The minimum absolute atomic E-state index is 0.0448. The van der Waals surface area contributed by atoms with Crippen molar-refractivity contribution >= 4 is 5.91 Å². The summed E-state index contributed by atoms with van der Waals surface area (Å²) in [4.78, 5) is 15.4. The number of nitrogens with zero attached hydrogens (tertiary/aromatic N) is 4. The van der Waals surface area contributed by atoms with Crippen molar-refractivity contribution in [3.63, 3.8) is 0 Å². The predicted octanol–water partition coefficient (Wildman–Crippen LogP) is 2.87. The van der Waals surface area contributed by atoms with Gasteiger partial charge in [0, 0.05) is 39.2 Å². The van der Waals surface area contributed by atoms with Crippen molar-refractivity contribution in [3.05, 3.63) is 54.4 Å². The van der Waals surface area contributed by atoms with Crippen molar-refractivity contribution < 1.29 is 19.0 Å². The van der Waals surface area contributed by atoms with Crippen LogP contribution >= 0.6 is 0 Å². The van der Waals surface area contributed by atoms with Crippen molar-refractivity contribution in [2.24, 2.45) is 7.05 Å². The summed E-state index contributed by atoms with van der Waals surface area (Å²) in [5.74, 6) is 0.197. The lowest BCUT2D eigenvalue weighted by Crippen LogP contribution is -2.47. The second-order valence-corrected chi connectivity index (χ2v) is 7.93. The Labute approximate surface area is 180 Å². The van der Waals surface area contributed by atoms with Crippen LogP contribution in [0.15, 0.2) is 48.7 Å². The van der Waals surface area contributed by atoms with E-state index in [9.17, 15) is 4.79 Å². The number of hydrogen-bond donors (Lipinski definition) is 0. The lowest BCUT2D eigenvalue weighted by Gasteiger charge is -2.37. The Morgan fingerprint density at radius 2 is 1.81 bits per heavy atom. The molecule has 2 saturated heterocycles. The largest absolute Gasteiger partial charge is 0.497 e. The molecule has 31 heavy (non-hydrogen) atoms. The zero-order valence-electron chi connectivity index (χ0n) is 17.8. The number of aryl methyl sites for hydroxylation is 1. The third-order valence-electron chi connectivity index (χ3n) is 6.08. The predicted molar refractivity (Wildman–Crippen MR) is 114 cm³/mol. The Kier molecular flexibility index (Phi) is 5.03. The molecule has 8 nitrogen and oxygen atoms in total. The molecule has 5 rings (SSSR count). The zero-order valence-corrected chi connectivity index (χ0v) is 17.8. The molecule has 1 aromatic carbocycles. The molecule has 0 bridgehead atoms. The molecule has 0 saturated carbocycles. The molecule has 162 valence electrons. The average molecular weight is 422 g/mol. The molecule has 2 aliphatic heterocycles. The highest BCUT2D eigenvalue weighted by molar-refractivity contribution is 5.94. The molecule has 8 heteroatoms. The maximum Gasteiger partial charge on any atom is 0.272 e. The van der Waals surface area contributed by atoms with Crippen LogP contribution in [0, 0.1) is 0 Å². The Morgan fingerprint density at radius 1 is 1.10 bits per heavy atom. The highest BCUT2D eigenvalue weighted by Gasteiger charge is 2.41.